The highest BCUT2D eigenvalue weighted by molar-refractivity contribution is 6.36. The third kappa shape index (κ3) is 4.93. The second-order valence-electron chi connectivity index (χ2n) is 9.40. The molecule has 0 atom stereocenters. The zero-order chi connectivity index (χ0) is 24.4. The summed E-state index contributed by atoms with van der Waals surface area (Å²) in [6.07, 6.45) is 5.54. The van der Waals surface area contributed by atoms with E-state index in [0.717, 1.165) is 42.6 Å². The van der Waals surface area contributed by atoms with Crippen LogP contribution >= 0.6 is 0 Å². The molecular weight excluding hydrogens is 435 g/mol. The van der Waals surface area contributed by atoms with Crippen molar-refractivity contribution in [1.82, 2.24) is 10.3 Å². The monoisotopic (exact) mass is 468 g/mol. The van der Waals surface area contributed by atoms with Crippen LogP contribution in [0.2, 0.25) is 0 Å². The molecule has 1 aliphatic carbocycles. The smallest absolute Gasteiger partial charge is 0.259 e. The van der Waals surface area contributed by atoms with Gasteiger partial charge in [-0.15, -0.1) is 0 Å². The lowest BCUT2D eigenvalue weighted by atomic mass is 9.86. The topological polar surface area (TPSA) is 100 Å². The Kier molecular flexibility index (Phi) is 7.19. The summed E-state index contributed by atoms with van der Waals surface area (Å²) in [5.74, 6) is -1.04. The number of carbonyl (C=O) groups is 2. The maximum Gasteiger partial charge on any atom is 0.259 e. The standard InChI is InChI=1S/C26H33FN4O3/c1-15-10-16(2)30-23(15)12-20-19-11-22(27)21(25(32)29-8-9-34-3)13-24(19)31(26(20)33)14-17-4-6-18(28)7-5-17/h10-13,17-18,30H,4-9,14,28H2,1-3H3,(H,29,32)/b20-12-. The first kappa shape index (κ1) is 24.2. The number of fused-ring (bicyclic) bond motifs is 1. The molecule has 7 nitrogen and oxygen atoms in total. The van der Waals surface area contributed by atoms with Gasteiger partial charge in [-0.25, -0.2) is 4.39 Å². The summed E-state index contributed by atoms with van der Waals surface area (Å²) in [5, 5.41) is 2.66. The number of benzene rings is 1. The number of nitrogens with two attached hydrogens (primary N) is 1. The summed E-state index contributed by atoms with van der Waals surface area (Å²) in [7, 11) is 1.53. The van der Waals surface area contributed by atoms with E-state index in [0.29, 0.717) is 35.9 Å². The van der Waals surface area contributed by atoms with Crippen LogP contribution in [0.25, 0.3) is 11.6 Å². The number of ether oxygens (including phenoxy) is 1. The largest absolute Gasteiger partial charge is 0.383 e. The van der Waals surface area contributed by atoms with Crippen LogP contribution in [0.4, 0.5) is 10.1 Å². The van der Waals surface area contributed by atoms with Gasteiger partial charge in [-0.3, -0.25) is 9.59 Å². The van der Waals surface area contributed by atoms with E-state index in [9.17, 15) is 9.59 Å². The maximum absolute atomic E-state index is 15.1. The molecule has 1 aliphatic heterocycles. The molecule has 4 rings (SSSR count). The SMILES string of the molecule is COCCNC(=O)c1cc2c(cc1F)/C(=C/c1[nH]c(C)cc1C)C(=O)N2CC1CCC(N)CC1. The van der Waals surface area contributed by atoms with Gasteiger partial charge in [0, 0.05) is 43.2 Å². The minimum absolute atomic E-state index is 0.0773. The predicted molar refractivity (Wildman–Crippen MR) is 131 cm³/mol. The van der Waals surface area contributed by atoms with Crippen LogP contribution in [0, 0.1) is 25.6 Å². The maximum atomic E-state index is 15.1. The molecule has 1 fully saturated rings. The molecule has 0 spiro atoms. The zero-order valence-corrected chi connectivity index (χ0v) is 20.0. The van der Waals surface area contributed by atoms with E-state index in [1.54, 1.807) is 11.0 Å². The highest BCUT2D eigenvalue weighted by Gasteiger charge is 2.36. The van der Waals surface area contributed by atoms with E-state index in [4.69, 9.17) is 10.5 Å². The number of nitrogens with zero attached hydrogens (tertiary/aromatic N) is 1. The van der Waals surface area contributed by atoms with Gasteiger partial charge in [-0.2, -0.15) is 0 Å². The van der Waals surface area contributed by atoms with Gasteiger partial charge in [0.05, 0.1) is 23.4 Å². The van der Waals surface area contributed by atoms with Crippen molar-refractivity contribution in [3.05, 3.63) is 52.1 Å². The van der Waals surface area contributed by atoms with Gasteiger partial charge in [0.15, 0.2) is 0 Å². The Hall–Kier alpha value is -2.97. The molecule has 1 aromatic carbocycles. The lowest BCUT2D eigenvalue weighted by Gasteiger charge is -2.30. The molecular formula is C26H33FN4O3. The molecule has 2 amide bonds. The molecule has 2 aromatic rings. The number of nitrogens with one attached hydrogen (secondary N) is 2. The number of amides is 2. The number of hydrogen-bond acceptors (Lipinski definition) is 4. The number of anilines is 1. The van der Waals surface area contributed by atoms with Crippen molar-refractivity contribution >= 4 is 29.2 Å². The molecule has 182 valence electrons. The lowest BCUT2D eigenvalue weighted by molar-refractivity contribution is -0.113. The molecule has 0 unspecified atom stereocenters. The van der Waals surface area contributed by atoms with Crippen LogP contribution in [-0.2, 0) is 9.53 Å². The Morgan fingerprint density at radius 3 is 2.65 bits per heavy atom. The minimum Gasteiger partial charge on any atom is -0.383 e. The minimum atomic E-state index is -0.655. The van der Waals surface area contributed by atoms with Crippen molar-refractivity contribution in [2.75, 3.05) is 31.7 Å². The summed E-state index contributed by atoms with van der Waals surface area (Å²) in [4.78, 5) is 31.2. The molecule has 1 saturated carbocycles. The van der Waals surface area contributed by atoms with Gasteiger partial charge in [0.2, 0.25) is 0 Å². The zero-order valence-electron chi connectivity index (χ0n) is 20.0. The third-order valence-electron chi connectivity index (χ3n) is 6.79. The van der Waals surface area contributed by atoms with E-state index < -0.39 is 11.7 Å². The number of aromatic amines is 1. The van der Waals surface area contributed by atoms with Crippen LogP contribution in [0.5, 0.6) is 0 Å². The first-order valence-corrected chi connectivity index (χ1v) is 11.8. The van der Waals surface area contributed by atoms with E-state index in [2.05, 4.69) is 10.3 Å². The van der Waals surface area contributed by atoms with Crippen molar-refractivity contribution < 1.29 is 18.7 Å². The molecule has 0 radical (unpaired) electrons. The first-order chi connectivity index (χ1) is 16.3. The van der Waals surface area contributed by atoms with Gasteiger partial charge in [0.25, 0.3) is 11.8 Å². The second kappa shape index (κ2) is 10.1. The Labute approximate surface area is 199 Å². The fourth-order valence-corrected chi connectivity index (χ4v) is 4.90. The average molecular weight is 469 g/mol. The number of halogens is 1. The highest BCUT2D eigenvalue weighted by Crippen LogP contribution is 2.41. The van der Waals surface area contributed by atoms with Crippen LogP contribution in [0.3, 0.4) is 0 Å². The lowest BCUT2D eigenvalue weighted by Crippen LogP contribution is -2.36. The van der Waals surface area contributed by atoms with Gasteiger partial charge in [-0.1, -0.05) is 0 Å². The number of H-pyrrole nitrogens is 1. The quantitative estimate of drug-likeness (QED) is 0.427. The molecule has 4 N–H and O–H groups in total. The van der Waals surface area contributed by atoms with Crippen LogP contribution in [-0.4, -0.2) is 49.6 Å². The molecule has 2 heterocycles. The van der Waals surface area contributed by atoms with Gasteiger partial charge in [0.1, 0.15) is 5.82 Å². The Morgan fingerprint density at radius 2 is 2.00 bits per heavy atom. The Balaban J connectivity index is 1.72. The summed E-state index contributed by atoms with van der Waals surface area (Å²) in [5.41, 5.74) is 10.3. The Bertz CT molecular complexity index is 1120. The van der Waals surface area contributed by atoms with E-state index in [-0.39, 0.29) is 24.1 Å². The van der Waals surface area contributed by atoms with Crippen LogP contribution in [0.15, 0.2) is 18.2 Å². The van der Waals surface area contributed by atoms with Crippen LogP contribution in [0.1, 0.15) is 58.6 Å². The second-order valence-corrected chi connectivity index (χ2v) is 9.40. The van der Waals surface area contributed by atoms with Crippen molar-refractivity contribution in [2.24, 2.45) is 11.7 Å². The summed E-state index contributed by atoms with van der Waals surface area (Å²) >= 11 is 0. The first-order valence-electron chi connectivity index (χ1n) is 11.8. The predicted octanol–water partition coefficient (Wildman–Crippen LogP) is 3.55. The molecule has 1 aromatic heterocycles. The van der Waals surface area contributed by atoms with Crippen molar-refractivity contribution in [3.63, 3.8) is 0 Å². The molecule has 2 aliphatic rings. The Morgan fingerprint density at radius 1 is 1.26 bits per heavy atom. The summed E-state index contributed by atoms with van der Waals surface area (Å²) in [6, 6.07) is 5.03. The van der Waals surface area contributed by atoms with Gasteiger partial charge < -0.3 is 25.7 Å². The fourth-order valence-electron chi connectivity index (χ4n) is 4.90. The van der Waals surface area contributed by atoms with Crippen molar-refractivity contribution in [1.29, 1.82) is 0 Å². The molecule has 0 bridgehead atoms. The fraction of sp³-hybridized carbons (Fsp3) is 0.462. The van der Waals surface area contributed by atoms with E-state index >= 15 is 4.39 Å². The summed E-state index contributed by atoms with van der Waals surface area (Å²) < 4.78 is 20.0. The number of carbonyl (C=O) groups excluding carboxylic acids is 2. The van der Waals surface area contributed by atoms with E-state index in [1.165, 1.54) is 19.2 Å². The van der Waals surface area contributed by atoms with Gasteiger partial charge in [-0.05, 0) is 75.3 Å². The highest BCUT2D eigenvalue weighted by atomic mass is 19.1. The number of aromatic nitrogens is 1. The molecule has 34 heavy (non-hydrogen) atoms. The van der Waals surface area contributed by atoms with Gasteiger partial charge >= 0.3 is 0 Å². The van der Waals surface area contributed by atoms with E-state index in [1.807, 2.05) is 19.9 Å². The normalized spacial score (nSPS) is 21.3. The van der Waals surface area contributed by atoms with Crippen LogP contribution < -0.4 is 16.0 Å². The average Bonchev–Trinajstić information content (AvgIpc) is 3.25. The third-order valence-corrected chi connectivity index (χ3v) is 6.79. The molecule has 8 heteroatoms. The number of rotatable bonds is 7. The van der Waals surface area contributed by atoms with Crippen molar-refractivity contribution in [3.8, 4) is 0 Å². The van der Waals surface area contributed by atoms with Crippen molar-refractivity contribution in [2.45, 2.75) is 45.6 Å². The number of aryl methyl sites for hydroxylation is 2. The number of hydrogen-bond donors (Lipinski definition) is 3. The number of methoxy groups -OCH3 is 1. The summed E-state index contributed by atoms with van der Waals surface area (Å²) in [6.45, 7) is 5.04. The molecule has 0 saturated heterocycles.